The number of aromatic carboxylic acids is 1. The lowest BCUT2D eigenvalue weighted by Crippen LogP contribution is -2.02. The molecule has 0 unspecified atom stereocenters. The first kappa shape index (κ1) is 12.6. The van der Waals surface area contributed by atoms with Gasteiger partial charge in [-0.15, -0.1) is 0 Å². The van der Waals surface area contributed by atoms with E-state index in [4.69, 9.17) is 5.11 Å². The van der Waals surface area contributed by atoms with Gasteiger partial charge in [0.15, 0.2) is 0 Å². The molecule has 0 radical (unpaired) electrons. The van der Waals surface area contributed by atoms with Gasteiger partial charge < -0.3 is 5.11 Å². The first-order valence-corrected chi connectivity index (χ1v) is 5.85. The van der Waals surface area contributed by atoms with Gasteiger partial charge in [0.05, 0.1) is 0 Å². The highest BCUT2D eigenvalue weighted by atomic mass is 32.2. The monoisotopic (exact) mass is 266 g/mol. The second kappa shape index (κ2) is 5.18. The number of carboxylic acid groups (broad SMARTS) is 1. The molecule has 5 heteroatoms. The summed E-state index contributed by atoms with van der Waals surface area (Å²) in [5, 5.41) is 8.96. The Morgan fingerprint density at radius 2 is 1.72 bits per heavy atom. The molecule has 0 atom stereocenters. The zero-order valence-corrected chi connectivity index (χ0v) is 9.88. The molecule has 1 N–H and O–H groups in total. The summed E-state index contributed by atoms with van der Waals surface area (Å²) in [6.45, 7) is 0. The fraction of sp³-hybridized carbons (Fsp3) is 0. The smallest absolute Gasteiger partial charge is 0.339 e. The number of benzene rings is 2. The van der Waals surface area contributed by atoms with Crippen LogP contribution in [0.1, 0.15) is 10.4 Å². The van der Waals surface area contributed by atoms with Crippen molar-refractivity contribution in [3.8, 4) is 0 Å². The fourth-order valence-corrected chi connectivity index (χ4v) is 2.39. The molecule has 0 saturated carbocycles. The van der Waals surface area contributed by atoms with E-state index in [1.807, 2.05) is 0 Å². The van der Waals surface area contributed by atoms with Crippen LogP contribution in [0, 0.1) is 11.6 Å². The third-order valence-corrected chi connectivity index (χ3v) is 3.30. The predicted molar refractivity (Wildman–Crippen MR) is 63.9 cm³/mol. The lowest BCUT2D eigenvalue weighted by molar-refractivity contribution is 0.0688. The zero-order chi connectivity index (χ0) is 13.1. The summed E-state index contributed by atoms with van der Waals surface area (Å²) in [5.41, 5.74) is -0.369. The molecule has 2 nitrogen and oxygen atoms in total. The van der Waals surface area contributed by atoms with E-state index in [-0.39, 0.29) is 16.3 Å². The second-order valence-electron chi connectivity index (χ2n) is 3.47. The number of hydrogen-bond acceptors (Lipinski definition) is 2. The molecule has 18 heavy (non-hydrogen) atoms. The molecule has 0 saturated heterocycles. The van der Waals surface area contributed by atoms with Crippen LogP contribution in [0.4, 0.5) is 8.78 Å². The van der Waals surface area contributed by atoms with Crippen LogP contribution >= 0.6 is 11.8 Å². The van der Waals surface area contributed by atoms with Gasteiger partial charge in [-0.1, -0.05) is 17.8 Å². The van der Waals surface area contributed by atoms with Gasteiger partial charge in [0.1, 0.15) is 17.2 Å². The molecule has 0 aliphatic heterocycles. The molecule has 0 spiro atoms. The Bertz CT molecular complexity index is 582. The summed E-state index contributed by atoms with van der Waals surface area (Å²) in [6, 6.07) is 9.60. The minimum Gasteiger partial charge on any atom is -0.478 e. The Hall–Kier alpha value is -1.88. The van der Waals surface area contributed by atoms with Crippen LogP contribution in [0.5, 0.6) is 0 Å². The Kier molecular flexibility index (Phi) is 3.62. The molecule has 0 aliphatic rings. The molecule has 2 rings (SSSR count). The number of hydrogen-bond donors (Lipinski definition) is 1. The molecule has 2 aromatic rings. The van der Waals surface area contributed by atoms with Gasteiger partial charge >= 0.3 is 5.97 Å². The SMILES string of the molecule is O=C(O)c1c(F)cccc1Sc1ccc(F)cc1. The maximum atomic E-state index is 13.4. The normalized spacial score (nSPS) is 10.3. The maximum absolute atomic E-state index is 13.4. The van der Waals surface area contributed by atoms with Crippen molar-refractivity contribution in [1.82, 2.24) is 0 Å². The summed E-state index contributed by atoms with van der Waals surface area (Å²) < 4.78 is 26.1. The second-order valence-corrected chi connectivity index (χ2v) is 4.59. The molecule has 92 valence electrons. The third-order valence-electron chi connectivity index (χ3n) is 2.23. The van der Waals surface area contributed by atoms with E-state index in [2.05, 4.69) is 0 Å². The van der Waals surface area contributed by atoms with Crippen LogP contribution in [-0.2, 0) is 0 Å². The summed E-state index contributed by atoms with van der Waals surface area (Å²) in [4.78, 5) is 11.9. The van der Waals surface area contributed by atoms with Crippen molar-refractivity contribution in [1.29, 1.82) is 0 Å². The standard InChI is InChI=1S/C13H8F2O2S/c14-8-4-6-9(7-5-8)18-11-3-1-2-10(15)12(11)13(16)17/h1-7H,(H,16,17). The molecule has 0 aromatic heterocycles. The van der Waals surface area contributed by atoms with Gasteiger partial charge in [0.2, 0.25) is 0 Å². The van der Waals surface area contributed by atoms with E-state index in [0.717, 1.165) is 17.8 Å². The molecule has 2 aromatic carbocycles. The maximum Gasteiger partial charge on any atom is 0.339 e. The molecular weight excluding hydrogens is 258 g/mol. The lowest BCUT2D eigenvalue weighted by Gasteiger charge is -2.06. The highest BCUT2D eigenvalue weighted by Gasteiger charge is 2.16. The van der Waals surface area contributed by atoms with Crippen molar-refractivity contribution in [2.75, 3.05) is 0 Å². The predicted octanol–water partition coefficient (Wildman–Crippen LogP) is 3.81. The summed E-state index contributed by atoms with van der Waals surface area (Å²) >= 11 is 1.08. The van der Waals surface area contributed by atoms with E-state index in [1.54, 1.807) is 0 Å². The zero-order valence-electron chi connectivity index (χ0n) is 9.06. The minimum atomic E-state index is -1.32. The van der Waals surface area contributed by atoms with Crippen molar-refractivity contribution in [3.05, 3.63) is 59.7 Å². The van der Waals surface area contributed by atoms with Crippen molar-refractivity contribution in [2.24, 2.45) is 0 Å². The molecule has 0 heterocycles. The van der Waals surface area contributed by atoms with E-state index < -0.39 is 11.8 Å². The molecular formula is C13H8F2O2S. The Morgan fingerprint density at radius 1 is 1.06 bits per heavy atom. The van der Waals surface area contributed by atoms with Crippen molar-refractivity contribution in [3.63, 3.8) is 0 Å². The van der Waals surface area contributed by atoms with E-state index in [9.17, 15) is 13.6 Å². The van der Waals surface area contributed by atoms with E-state index in [1.165, 1.54) is 36.4 Å². The number of carbonyl (C=O) groups is 1. The van der Waals surface area contributed by atoms with Crippen molar-refractivity contribution < 1.29 is 18.7 Å². The topological polar surface area (TPSA) is 37.3 Å². The van der Waals surface area contributed by atoms with Gasteiger partial charge in [-0.25, -0.2) is 13.6 Å². The van der Waals surface area contributed by atoms with Crippen LogP contribution in [0.15, 0.2) is 52.3 Å². The summed E-state index contributed by atoms with van der Waals surface area (Å²) in [6.07, 6.45) is 0. The van der Waals surface area contributed by atoms with Crippen LogP contribution < -0.4 is 0 Å². The first-order valence-electron chi connectivity index (χ1n) is 5.03. The van der Waals surface area contributed by atoms with Gasteiger partial charge in [-0.2, -0.15) is 0 Å². The molecule has 0 fully saturated rings. The largest absolute Gasteiger partial charge is 0.478 e. The molecule has 0 aliphatic carbocycles. The van der Waals surface area contributed by atoms with Gasteiger partial charge in [0, 0.05) is 9.79 Å². The number of rotatable bonds is 3. The number of halogens is 2. The third kappa shape index (κ3) is 2.68. The average Bonchev–Trinajstić information content (AvgIpc) is 2.32. The number of carboxylic acids is 1. The molecule has 0 amide bonds. The van der Waals surface area contributed by atoms with Gasteiger partial charge in [0.25, 0.3) is 0 Å². The van der Waals surface area contributed by atoms with E-state index in [0.29, 0.717) is 4.90 Å². The van der Waals surface area contributed by atoms with Crippen LogP contribution in [0.2, 0.25) is 0 Å². The van der Waals surface area contributed by atoms with Crippen molar-refractivity contribution in [2.45, 2.75) is 9.79 Å². The van der Waals surface area contributed by atoms with Crippen LogP contribution in [0.3, 0.4) is 0 Å². The Morgan fingerprint density at radius 3 is 2.33 bits per heavy atom. The average molecular weight is 266 g/mol. The van der Waals surface area contributed by atoms with Gasteiger partial charge in [-0.3, -0.25) is 0 Å². The summed E-state index contributed by atoms with van der Waals surface area (Å²) in [5.74, 6) is -2.48. The summed E-state index contributed by atoms with van der Waals surface area (Å²) in [7, 11) is 0. The highest BCUT2D eigenvalue weighted by molar-refractivity contribution is 7.99. The van der Waals surface area contributed by atoms with Crippen LogP contribution in [0.25, 0.3) is 0 Å². The van der Waals surface area contributed by atoms with Crippen molar-refractivity contribution >= 4 is 17.7 Å². The lowest BCUT2D eigenvalue weighted by atomic mass is 10.2. The fourth-order valence-electron chi connectivity index (χ4n) is 1.43. The minimum absolute atomic E-state index is 0.286. The quantitative estimate of drug-likeness (QED) is 0.917. The van der Waals surface area contributed by atoms with Crippen LogP contribution in [-0.4, -0.2) is 11.1 Å². The molecule has 0 bridgehead atoms. The Labute approximate surface area is 106 Å². The highest BCUT2D eigenvalue weighted by Crippen LogP contribution is 2.31. The first-order chi connectivity index (χ1) is 8.58. The van der Waals surface area contributed by atoms with Gasteiger partial charge in [-0.05, 0) is 36.4 Å². The van der Waals surface area contributed by atoms with E-state index >= 15 is 0 Å². The Balaban J connectivity index is 2.37.